The Bertz CT molecular complexity index is 1090. The van der Waals surface area contributed by atoms with Gasteiger partial charge in [-0.2, -0.15) is 5.10 Å². The van der Waals surface area contributed by atoms with Crippen LogP contribution < -0.4 is 0 Å². The molecule has 1 atom stereocenters. The number of fused-ring (bicyclic) bond motifs is 1. The van der Waals surface area contributed by atoms with Gasteiger partial charge in [0.1, 0.15) is 11.5 Å². The molecule has 4 heterocycles. The van der Waals surface area contributed by atoms with Crippen LogP contribution in [0, 0.1) is 0 Å². The van der Waals surface area contributed by atoms with Gasteiger partial charge in [-0.1, -0.05) is 0 Å². The lowest BCUT2D eigenvalue weighted by Gasteiger charge is -2.23. The molecule has 144 valence electrons. The third-order valence-electron chi connectivity index (χ3n) is 4.92. The number of rotatable bonds is 5. The van der Waals surface area contributed by atoms with Gasteiger partial charge < -0.3 is 13.7 Å². The Morgan fingerprint density at radius 1 is 1.14 bits per heavy atom. The molecule has 1 amide bonds. The first-order chi connectivity index (χ1) is 13.5. The largest absolute Gasteiger partial charge is 0.467 e. The molecule has 4 aromatic rings. The summed E-state index contributed by atoms with van der Waals surface area (Å²) in [6.07, 6.45) is 4.90. The van der Waals surface area contributed by atoms with Crippen molar-refractivity contribution >= 4 is 16.9 Å². The summed E-state index contributed by atoms with van der Waals surface area (Å²) in [5.41, 5.74) is 1.79. The number of hydrogen-bond donors (Lipinski definition) is 0. The number of hydrogen-bond acceptors (Lipinski definition) is 5. The van der Waals surface area contributed by atoms with Gasteiger partial charge in [-0.25, -0.2) is 9.67 Å². The lowest BCUT2D eigenvalue weighted by Crippen LogP contribution is -2.29. The third-order valence-corrected chi connectivity index (χ3v) is 4.92. The van der Waals surface area contributed by atoms with Gasteiger partial charge in [0.2, 0.25) is 0 Å². The minimum atomic E-state index is -0.210. The second kappa shape index (κ2) is 6.99. The molecule has 0 N–H and O–H groups in total. The van der Waals surface area contributed by atoms with Crippen molar-refractivity contribution in [2.75, 3.05) is 7.05 Å². The Morgan fingerprint density at radius 3 is 2.54 bits per heavy atom. The molecule has 7 heteroatoms. The second-order valence-corrected chi connectivity index (χ2v) is 7.06. The fourth-order valence-electron chi connectivity index (χ4n) is 3.21. The number of pyridine rings is 1. The molecular formula is C21H22N4O3. The fraction of sp³-hybridized carbons (Fsp3) is 0.286. The molecule has 28 heavy (non-hydrogen) atoms. The van der Waals surface area contributed by atoms with E-state index < -0.39 is 0 Å². The van der Waals surface area contributed by atoms with Crippen LogP contribution in [0.1, 0.15) is 49.0 Å². The zero-order chi connectivity index (χ0) is 19.8. The first-order valence-corrected chi connectivity index (χ1v) is 9.20. The molecule has 0 spiro atoms. The van der Waals surface area contributed by atoms with Gasteiger partial charge in [-0.05, 0) is 51.1 Å². The number of carbonyl (C=O) groups is 1. The van der Waals surface area contributed by atoms with E-state index in [9.17, 15) is 4.79 Å². The highest BCUT2D eigenvalue weighted by molar-refractivity contribution is 6.06. The number of carbonyl (C=O) groups excluding carboxylic acids is 1. The lowest BCUT2D eigenvalue weighted by molar-refractivity contribution is 0.0728. The maximum Gasteiger partial charge on any atom is 0.255 e. The van der Waals surface area contributed by atoms with Crippen LogP contribution in [0.4, 0.5) is 0 Å². The van der Waals surface area contributed by atoms with E-state index in [0.29, 0.717) is 28.1 Å². The standard InChI is InChI=1S/C21H22N4O3/c1-13(2)25-20-16(12-22-25)15(11-17(23-20)19-8-6-10-28-19)21(26)24(4)14(3)18-7-5-9-27-18/h5-14H,1-4H3. The molecule has 0 saturated heterocycles. The lowest BCUT2D eigenvalue weighted by atomic mass is 10.1. The maximum atomic E-state index is 13.4. The average molecular weight is 378 g/mol. The number of amides is 1. The number of nitrogens with zero attached hydrogens (tertiary/aromatic N) is 4. The number of aromatic nitrogens is 3. The maximum absolute atomic E-state index is 13.4. The Hall–Kier alpha value is -3.35. The molecule has 0 saturated carbocycles. The topological polar surface area (TPSA) is 77.3 Å². The van der Waals surface area contributed by atoms with Crippen molar-refractivity contribution in [1.82, 2.24) is 19.7 Å². The zero-order valence-corrected chi connectivity index (χ0v) is 16.3. The summed E-state index contributed by atoms with van der Waals surface area (Å²) < 4.78 is 12.8. The molecule has 0 aliphatic heterocycles. The molecule has 7 nitrogen and oxygen atoms in total. The van der Waals surface area contributed by atoms with Crippen LogP contribution in [-0.4, -0.2) is 32.6 Å². The summed E-state index contributed by atoms with van der Waals surface area (Å²) >= 11 is 0. The van der Waals surface area contributed by atoms with E-state index in [1.165, 1.54) is 0 Å². The first kappa shape index (κ1) is 18.0. The van der Waals surface area contributed by atoms with Crippen molar-refractivity contribution in [2.24, 2.45) is 0 Å². The summed E-state index contributed by atoms with van der Waals surface area (Å²) in [4.78, 5) is 19.8. The van der Waals surface area contributed by atoms with Gasteiger partial charge in [0.25, 0.3) is 5.91 Å². The van der Waals surface area contributed by atoms with Crippen LogP contribution in [-0.2, 0) is 0 Å². The third kappa shape index (κ3) is 2.98. The first-order valence-electron chi connectivity index (χ1n) is 9.20. The summed E-state index contributed by atoms with van der Waals surface area (Å²) in [5, 5.41) is 5.16. The normalized spacial score (nSPS) is 12.6. The minimum absolute atomic E-state index is 0.111. The van der Waals surface area contributed by atoms with Crippen molar-refractivity contribution in [3.63, 3.8) is 0 Å². The fourth-order valence-corrected chi connectivity index (χ4v) is 3.21. The monoisotopic (exact) mass is 378 g/mol. The molecule has 0 fully saturated rings. The van der Waals surface area contributed by atoms with E-state index in [1.54, 1.807) is 42.8 Å². The van der Waals surface area contributed by atoms with E-state index in [1.807, 2.05) is 43.7 Å². The molecule has 1 unspecified atom stereocenters. The van der Waals surface area contributed by atoms with Gasteiger partial charge >= 0.3 is 0 Å². The van der Waals surface area contributed by atoms with E-state index in [-0.39, 0.29) is 18.0 Å². The highest BCUT2D eigenvalue weighted by Gasteiger charge is 2.25. The molecule has 0 aliphatic rings. The van der Waals surface area contributed by atoms with Gasteiger partial charge in [0.15, 0.2) is 11.4 Å². The molecular weight excluding hydrogens is 356 g/mol. The van der Waals surface area contributed by atoms with Gasteiger partial charge in [0, 0.05) is 13.1 Å². The Balaban J connectivity index is 1.84. The SMILES string of the molecule is CC(c1ccco1)N(C)C(=O)c1cc(-c2ccco2)nc2c1cnn2C(C)C. The highest BCUT2D eigenvalue weighted by Crippen LogP contribution is 2.29. The van der Waals surface area contributed by atoms with Crippen molar-refractivity contribution in [3.8, 4) is 11.5 Å². The van der Waals surface area contributed by atoms with E-state index in [2.05, 4.69) is 5.10 Å². The van der Waals surface area contributed by atoms with Crippen LogP contribution in [0.3, 0.4) is 0 Å². The van der Waals surface area contributed by atoms with Crippen LogP contribution in [0.2, 0.25) is 0 Å². The van der Waals surface area contributed by atoms with E-state index in [4.69, 9.17) is 13.8 Å². The van der Waals surface area contributed by atoms with Gasteiger partial charge in [-0.3, -0.25) is 4.79 Å². The van der Waals surface area contributed by atoms with Crippen molar-refractivity contribution in [2.45, 2.75) is 32.9 Å². The molecule has 4 rings (SSSR count). The Labute approximate surface area is 162 Å². The zero-order valence-electron chi connectivity index (χ0n) is 16.3. The predicted octanol–water partition coefficient (Wildman–Crippen LogP) is 4.70. The van der Waals surface area contributed by atoms with Crippen molar-refractivity contribution in [1.29, 1.82) is 0 Å². The summed E-state index contributed by atoms with van der Waals surface area (Å²) in [5.74, 6) is 1.20. The predicted molar refractivity (Wildman–Crippen MR) is 105 cm³/mol. The van der Waals surface area contributed by atoms with Crippen LogP contribution >= 0.6 is 0 Å². The molecule has 0 aliphatic carbocycles. The second-order valence-electron chi connectivity index (χ2n) is 7.06. The quantitative estimate of drug-likeness (QED) is 0.503. The van der Waals surface area contributed by atoms with Crippen LogP contribution in [0.15, 0.2) is 57.9 Å². The number of furan rings is 2. The van der Waals surface area contributed by atoms with Gasteiger partial charge in [0.05, 0.1) is 35.7 Å². The van der Waals surface area contributed by atoms with Crippen molar-refractivity contribution < 1.29 is 13.6 Å². The van der Waals surface area contributed by atoms with Gasteiger partial charge in [-0.15, -0.1) is 0 Å². The van der Waals surface area contributed by atoms with Crippen LogP contribution in [0.25, 0.3) is 22.5 Å². The summed E-state index contributed by atoms with van der Waals surface area (Å²) in [6, 6.07) is 8.97. The molecule has 0 aromatic carbocycles. The molecule has 0 bridgehead atoms. The highest BCUT2D eigenvalue weighted by atomic mass is 16.3. The average Bonchev–Trinajstić information content (AvgIpc) is 3.45. The van der Waals surface area contributed by atoms with Crippen LogP contribution in [0.5, 0.6) is 0 Å². The Kier molecular flexibility index (Phi) is 4.50. The Morgan fingerprint density at radius 2 is 1.89 bits per heavy atom. The minimum Gasteiger partial charge on any atom is -0.467 e. The van der Waals surface area contributed by atoms with E-state index in [0.717, 1.165) is 5.76 Å². The molecule has 0 radical (unpaired) electrons. The molecule has 4 aromatic heterocycles. The smallest absolute Gasteiger partial charge is 0.255 e. The summed E-state index contributed by atoms with van der Waals surface area (Å²) in [7, 11) is 1.77. The van der Waals surface area contributed by atoms with E-state index >= 15 is 0 Å². The summed E-state index contributed by atoms with van der Waals surface area (Å²) in [6.45, 7) is 5.99. The van der Waals surface area contributed by atoms with Crippen molar-refractivity contribution in [3.05, 3.63) is 60.4 Å².